The van der Waals surface area contributed by atoms with E-state index in [0.717, 1.165) is 22.6 Å². The standard InChI is InChI=1S/C23H26N4O4S/c1-3-11-24-21(28)25-15-16-7-5-6-8-19(16)31-17-9-10-20-18(14-17)26-12-13-27(22(26)32-20)23(29)30-4-2/h5-10,12-14,22H,3-4,11,15H2,1-2H3,(H2,24,25,28). The van der Waals surface area contributed by atoms with Crippen molar-refractivity contribution in [2.75, 3.05) is 18.1 Å². The van der Waals surface area contributed by atoms with Gasteiger partial charge in [-0.15, -0.1) is 0 Å². The van der Waals surface area contributed by atoms with Gasteiger partial charge in [0.1, 0.15) is 11.5 Å². The Labute approximate surface area is 191 Å². The monoisotopic (exact) mass is 454 g/mol. The normalized spacial score (nSPS) is 15.9. The van der Waals surface area contributed by atoms with Crippen molar-refractivity contribution >= 4 is 29.6 Å². The molecule has 0 fully saturated rings. The summed E-state index contributed by atoms with van der Waals surface area (Å²) in [6.45, 7) is 5.13. The van der Waals surface area contributed by atoms with Crippen molar-refractivity contribution < 1.29 is 19.1 Å². The Bertz CT molecular complexity index is 1030. The molecule has 168 valence electrons. The fourth-order valence-corrected chi connectivity index (χ4v) is 4.64. The van der Waals surface area contributed by atoms with Crippen LogP contribution < -0.4 is 20.3 Å². The van der Waals surface area contributed by atoms with Crippen LogP contribution in [0.15, 0.2) is 59.8 Å². The third-order valence-corrected chi connectivity index (χ3v) is 6.22. The fourth-order valence-electron chi connectivity index (χ4n) is 3.42. The molecule has 0 aromatic heterocycles. The molecule has 2 heterocycles. The van der Waals surface area contributed by atoms with E-state index in [0.29, 0.717) is 31.2 Å². The average molecular weight is 455 g/mol. The Morgan fingerprint density at radius 1 is 1.09 bits per heavy atom. The first-order chi connectivity index (χ1) is 15.6. The first kappa shape index (κ1) is 21.9. The van der Waals surface area contributed by atoms with Crippen LogP contribution in [-0.4, -0.2) is 35.7 Å². The van der Waals surface area contributed by atoms with Crippen molar-refractivity contribution in [2.24, 2.45) is 0 Å². The first-order valence-electron chi connectivity index (χ1n) is 10.6. The maximum atomic E-state index is 12.2. The molecule has 2 aromatic rings. The number of thioether (sulfide) groups is 1. The van der Waals surface area contributed by atoms with E-state index in [2.05, 4.69) is 10.6 Å². The quantitative estimate of drug-likeness (QED) is 0.624. The Balaban J connectivity index is 1.46. The number of amides is 3. The lowest BCUT2D eigenvalue weighted by molar-refractivity contribution is 0.122. The van der Waals surface area contributed by atoms with Crippen LogP contribution in [0.5, 0.6) is 11.5 Å². The number of fused-ring (bicyclic) bond motifs is 3. The van der Waals surface area contributed by atoms with Crippen LogP contribution in [0.4, 0.5) is 15.3 Å². The smallest absolute Gasteiger partial charge is 0.416 e. The van der Waals surface area contributed by atoms with E-state index in [-0.39, 0.29) is 17.6 Å². The zero-order valence-electron chi connectivity index (χ0n) is 18.0. The number of para-hydroxylation sites is 1. The maximum Gasteiger partial charge on any atom is 0.416 e. The molecule has 0 bridgehead atoms. The fraction of sp³-hybridized carbons (Fsp3) is 0.304. The van der Waals surface area contributed by atoms with E-state index in [1.165, 1.54) is 0 Å². The van der Waals surface area contributed by atoms with Crippen molar-refractivity contribution in [2.45, 2.75) is 37.2 Å². The third kappa shape index (κ3) is 4.62. The van der Waals surface area contributed by atoms with Gasteiger partial charge in [-0.25, -0.2) is 9.59 Å². The van der Waals surface area contributed by atoms with Crippen LogP contribution in [0.2, 0.25) is 0 Å². The summed E-state index contributed by atoms with van der Waals surface area (Å²) < 4.78 is 11.3. The molecule has 0 spiro atoms. The van der Waals surface area contributed by atoms with Gasteiger partial charge in [0.05, 0.1) is 12.3 Å². The molecule has 1 unspecified atom stereocenters. The van der Waals surface area contributed by atoms with Crippen LogP contribution in [0.3, 0.4) is 0 Å². The number of nitrogens with one attached hydrogen (secondary N) is 2. The second-order valence-electron chi connectivity index (χ2n) is 7.20. The molecule has 2 aliphatic rings. The number of nitrogens with zero attached hydrogens (tertiary/aromatic N) is 2. The summed E-state index contributed by atoms with van der Waals surface area (Å²) in [7, 11) is 0. The number of anilines is 1. The summed E-state index contributed by atoms with van der Waals surface area (Å²) in [6.07, 6.45) is 4.12. The molecular formula is C23H26N4O4S. The van der Waals surface area contributed by atoms with E-state index in [1.807, 2.05) is 60.5 Å². The first-order valence-corrected chi connectivity index (χ1v) is 11.5. The zero-order chi connectivity index (χ0) is 22.5. The van der Waals surface area contributed by atoms with Gasteiger partial charge in [-0.3, -0.25) is 4.90 Å². The molecular weight excluding hydrogens is 428 g/mol. The molecule has 0 radical (unpaired) electrons. The van der Waals surface area contributed by atoms with Gasteiger partial charge in [0.25, 0.3) is 0 Å². The van der Waals surface area contributed by atoms with Gasteiger partial charge in [0.15, 0.2) is 5.50 Å². The van der Waals surface area contributed by atoms with E-state index in [4.69, 9.17) is 9.47 Å². The number of benzene rings is 2. The molecule has 9 heteroatoms. The van der Waals surface area contributed by atoms with Gasteiger partial charge in [-0.1, -0.05) is 36.9 Å². The predicted octanol–water partition coefficient (Wildman–Crippen LogP) is 4.83. The van der Waals surface area contributed by atoms with Crippen molar-refractivity contribution in [3.8, 4) is 11.5 Å². The molecule has 32 heavy (non-hydrogen) atoms. The minimum Gasteiger partial charge on any atom is -0.457 e. The highest BCUT2D eigenvalue weighted by Gasteiger charge is 2.39. The summed E-state index contributed by atoms with van der Waals surface area (Å²) in [5, 5.41) is 5.66. The van der Waals surface area contributed by atoms with Crippen molar-refractivity contribution in [3.63, 3.8) is 0 Å². The van der Waals surface area contributed by atoms with Gasteiger partial charge in [0, 0.05) is 42.0 Å². The number of carbonyl (C=O) groups excluding carboxylic acids is 2. The number of rotatable bonds is 7. The van der Waals surface area contributed by atoms with Gasteiger partial charge in [0.2, 0.25) is 0 Å². The van der Waals surface area contributed by atoms with Crippen LogP contribution in [0.1, 0.15) is 25.8 Å². The summed E-state index contributed by atoms with van der Waals surface area (Å²) in [5.41, 5.74) is 1.65. The molecule has 4 rings (SSSR count). The molecule has 2 aromatic carbocycles. The molecule has 0 saturated carbocycles. The lowest BCUT2D eigenvalue weighted by Crippen LogP contribution is -2.37. The Hall–Kier alpha value is -3.33. The number of urea groups is 1. The van der Waals surface area contributed by atoms with E-state index in [9.17, 15) is 9.59 Å². The second kappa shape index (κ2) is 9.86. The Morgan fingerprint density at radius 3 is 2.75 bits per heavy atom. The molecule has 8 nitrogen and oxygen atoms in total. The van der Waals surface area contributed by atoms with E-state index in [1.54, 1.807) is 29.8 Å². The lowest BCUT2D eigenvalue weighted by Gasteiger charge is -2.23. The number of hydrogen-bond acceptors (Lipinski definition) is 6. The molecule has 0 aliphatic carbocycles. The van der Waals surface area contributed by atoms with Crippen molar-refractivity contribution in [3.05, 3.63) is 60.4 Å². The van der Waals surface area contributed by atoms with Gasteiger partial charge >= 0.3 is 12.1 Å². The molecule has 1 atom stereocenters. The van der Waals surface area contributed by atoms with Crippen LogP contribution in [0.25, 0.3) is 0 Å². The minimum atomic E-state index is -0.363. The number of carbonyl (C=O) groups is 2. The minimum absolute atomic E-state index is 0.197. The van der Waals surface area contributed by atoms with Crippen LogP contribution in [0, 0.1) is 0 Å². The Kier molecular flexibility index (Phi) is 6.75. The zero-order valence-corrected chi connectivity index (χ0v) is 18.9. The predicted molar refractivity (Wildman–Crippen MR) is 124 cm³/mol. The third-order valence-electron chi connectivity index (χ3n) is 4.96. The summed E-state index contributed by atoms with van der Waals surface area (Å²) in [5.74, 6) is 1.35. The summed E-state index contributed by atoms with van der Waals surface area (Å²) in [6, 6.07) is 13.3. The SMILES string of the molecule is CCCNC(=O)NCc1ccccc1Oc1ccc2c(c1)N1C=CN(C(=O)OCC)C1S2. The van der Waals surface area contributed by atoms with Crippen molar-refractivity contribution in [1.29, 1.82) is 0 Å². The summed E-state index contributed by atoms with van der Waals surface area (Å²) >= 11 is 1.58. The highest BCUT2D eigenvalue weighted by molar-refractivity contribution is 8.00. The molecule has 2 N–H and O–H groups in total. The Morgan fingerprint density at radius 2 is 1.94 bits per heavy atom. The molecule has 0 saturated heterocycles. The largest absolute Gasteiger partial charge is 0.457 e. The highest BCUT2D eigenvalue weighted by Crippen LogP contribution is 2.49. The van der Waals surface area contributed by atoms with Crippen LogP contribution in [-0.2, 0) is 11.3 Å². The topological polar surface area (TPSA) is 83.1 Å². The van der Waals surface area contributed by atoms with E-state index >= 15 is 0 Å². The molecule has 2 aliphatic heterocycles. The number of ether oxygens (including phenoxy) is 2. The van der Waals surface area contributed by atoms with Gasteiger partial charge in [-0.05, 0) is 31.5 Å². The average Bonchev–Trinajstić information content (AvgIpc) is 3.36. The van der Waals surface area contributed by atoms with E-state index < -0.39 is 0 Å². The summed E-state index contributed by atoms with van der Waals surface area (Å²) in [4.78, 5) is 28.8. The van der Waals surface area contributed by atoms with Crippen LogP contribution >= 0.6 is 11.8 Å². The van der Waals surface area contributed by atoms with Gasteiger partial charge in [-0.2, -0.15) is 0 Å². The highest BCUT2D eigenvalue weighted by atomic mass is 32.2. The van der Waals surface area contributed by atoms with Gasteiger partial charge < -0.3 is 25.0 Å². The lowest BCUT2D eigenvalue weighted by atomic mass is 10.2. The molecule has 3 amide bonds. The second-order valence-corrected chi connectivity index (χ2v) is 8.30. The number of hydrogen-bond donors (Lipinski definition) is 2. The maximum absolute atomic E-state index is 12.2. The van der Waals surface area contributed by atoms with Crippen molar-refractivity contribution in [1.82, 2.24) is 15.5 Å².